The van der Waals surface area contributed by atoms with Gasteiger partial charge in [-0.2, -0.15) is 0 Å². The quantitative estimate of drug-likeness (QED) is 0.895. The number of aliphatic hydroxyl groups is 1. The first kappa shape index (κ1) is 14.4. The molecular weight excluding hydrogens is 276 g/mol. The van der Waals surface area contributed by atoms with Crippen LogP contribution in [0.25, 0.3) is 0 Å². The van der Waals surface area contributed by atoms with Crippen molar-refractivity contribution in [3.8, 4) is 0 Å². The molecule has 0 aliphatic heterocycles. The van der Waals surface area contributed by atoms with Gasteiger partial charge in [-0.1, -0.05) is 6.07 Å². The van der Waals surface area contributed by atoms with Crippen molar-refractivity contribution >= 4 is 5.91 Å². The van der Waals surface area contributed by atoms with E-state index in [0.717, 1.165) is 25.3 Å². The molecule has 0 bridgehead atoms. The molecule has 2 unspecified atom stereocenters. The summed E-state index contributed by atoms with van der Waals surface area (Å²) in [6.45, 7) is 0.345. The van der Waals surface area contributed by atoms with E-state index in [1.165, 1.54) is 12.1 Å². The number of halogens is 2. The van der Waals surface area contributed by atoms with E-state index in [2.05, 4.69) is 5.32 Å². The zero-order valence-corrected chi connectivity index (χ0v) is 11.7. The highest BCUT2D eigenvalue weighted by molar-refractivity contribution is 5.79. The van der Waals surface area contributed by atoms with Gasteiger partial charge in [0.05, 0.1) is 12.0 Å². The van der Waals surface area contributed by atoms with E-state index in [-0.39, 0.29) is 11.8 Å². The fourth-order valence-corrected chi connectivity index (χ4v) is 3.25. The van der Waals surface area contributed by atoms with Crippen LogP contribution in [0.1, 0.15) is 37.7 Å². The van der Waals surface area contributed by atoms with Gasteiger partial charge in [-0.15, -0.1) is 0 Å². The Balaban J connectivity index is 1.66. The van der Waals surface area contributed by atoms with Crippen molar-refractivity contribution in [2.75, 3.05) is 6.54 Å². The molecule has 3 nitrogen and oxygen atoms in total. The van der Waals surface area contributed by atoms with Gasteiger partial charge in [0.1, 0.15) is 11.6 Å². The fraction of sp³-hybridized carbons (Fsp3) is 0.562. The number of carbonyl (C=O) groups is 1. The maximum absolute atomic E-state index is 13.9. The summed E-state index contributed by atoms with van der Waals surface area (Å²) in [6, 6.07) is 3.60. The van der Waals surface area contributed by atoms with Crippen LogP contribution in [0.15, 0.2) is 18.2 Å². The van der Waals surface area contributed by atoms with E-state index in [4.69, 9.17) is 0 Å². The summed E-state index contributed by atoms with van der Waals surface area (Å²) < 4.78 is 26.9. The first-order valence-electron chi connectivity index (χ1n) is 7.43. The van der Waals surface area contributed by atoms with Gasteiger partial charge in [0.15, 0.2) is 0 Å². The number of hydrogen-bond acceptors (Lipinski definition) is 2. The first-order chi connectivity index (χ1) is 10.0. The lowest BCUT2D eigenvalue weighted by molar-refractivity contribution is -0.127. The van der Waals surface area contributed by atoms with Crippen LogP contribution in [-0.4, -0.2) is 23.7 Å². The Hall–Kier alpha value is -1.49. The monoisotopic (exact) mass is 295 g/mol. The first-order valence-corrected chi connectivity index (χ1v) is 7.43. The third-order valence-electron chi connectivity index (χ3n) is 4.77. The minimum absolute atomic E-state index is 0.159. The molecule has 1 aromatic carbocycles. The van der Waals surface area contributed by atoms with Crippen molar-refractivity contribution in [3.05, 3.63) is 35.4 Å². The third-order valence-corrected chi connectivity index (χ3v) is 4.77. The Morgan fingerprint density at radius 1 is 1.33 bits per heavy atom. The van der Waals surface area contributed by atoms with Crippen molar-refractivity contribution in [1.29, 1.82) is 0 Å². The zero-order valence-electron chi connectivity index (χ0n) is 11.7. The summed E-state index contributed by atoms with van der Waals surface area (Å²) >= 11 is 0. The largest absolute Gasteiger partial charge is 0.392 e. The molecule has 2 aliphatic carbocycles. The Bertz CT molecular complexity index is 557. The van der Waals surface area contributed by atoms with E-state index in [9.17, 15) is 18.7 Å². The summed E-state index contributed by atoms with van der Waals surface area (Å²) in [6.07, 6.45) is 3.21. The molecule has 114 valence electrons. The molecule has 5 heteroatoms. The van der Waals surface area contributed by atoms with Crippen LogP contribution >= 0.6 is 0 Å². The highest BCUT2D eigenvalue weighted by Crippen LogP contribution is 2.48. The topological polar surface area (TPSA) is 49.3 Å². The summed E-state index contributed by atoms with van der Waals surface area (Å²) in [5.41, 5.74) is 0.0629. The third kappa shape index (κ3) is 2.79. The smallest absolute Gasteiger partial charge is 0.225 e. The molecule has 1 amide bonds. The van der Waals surface area contributed by atoms with Gasteiger partial charge in [-0.05, 0) is 43.7 Å². The fourth-order valence-electron chi connectivity index (χ4n) is 3.25. The Kier molecular flexibility index (Phi) is 3.69. The summed E-state index contributed by atoms with van der Waals surface area (Å²) in [7, 11) is 0. The number of nitrogens with one attached hydrogen (secondary N) is 1. The van der Waals surface area contributed by atoms with Crippen LogP contribution < -0.4 is 5.32 Å². The highest BCUT2D eigenvalue weighted by atomic mass is 19.1. The van der Waals surface area contributed by atoms with Crippen molar-refractivity contribution in [3.63, 3.8) is 0 Å². The molecule has 2 aliphatic rings. The normalized spacial score (nSPS) is 26.6. The molecular formula is C16H19F2NO2. The van der Waals surface area contributed by atoms with E-state index >= 15 is 0 Å². The van der Waals surface area contributed by atoms with E-state index in [0.29, 0.717) is 24.9 Å². The molecule has 0 heterocycles. The van der Waals surface area contributed by atoms with Gasteiger partial charge >= 0.3 is 0 Å². The molecule has 0 radical (unpaired) electrons. The summed E-state index contributed by atoms with van der Waals surface area (Å²) in [5.74, 6) is -1.65. The van der Waals surface area contributed by atoms with Crippen LogP contribution in [0, 0.1) is 17.6 Å². The van der Waals surface area contributed by atoms with Gasteiger partial charge in [0.2, 0.25) is 5.91 Å². The Morgan fingerprint density at radius 3 is 2.67 bits per heavy atom. The van der Waals surface area contributed by atoms with Crippen molar-refractivity contribution in [1.82, 2.24) is 5.32 Å². The minimum Gasteiger partial charge on any atom is -0.392 e. The number of rotatable bonds is 4. The maximum atomic E-state index is 13.9. The summed E-state index contributed by atoms with van der Waals surface area (Å²) in [4.78, 5) is 12.1. The van der Waals surface area contributed by atoms with Gasteiger partial charge in [-0.3, -0.25) is 4.79 Å². The van der Waals surface area contributed by atoms with Crippen molar-refractivity contribution in [2.24, 2.45) is 5.92 Å². The van der Waals surface area contributed by atoms with Crippen LogP contribution in [0.2, 0.25) is 0 Å². The number of aliphatic hydroxyl groups excluding tert-OH is 1. The second kappa shape index (κ2) is 5.37. The SMILES string of the molecule is O=C(NCC1(c2ccc(F)cc2F)CC1)C1CCCC1O. The number of benzene rings is 1. The lowest BCUT2D eigenvalue weighted by Gasteiger charge is -2.20. The molecule has 2 atom stereocenters. The molecule has 2 N–H and O–H groups in total. The Morgan fingerprint density at radius 2 is 2.10 bits per heavy atom. The number of amides is 1. The van der Waals surface area contributed by atoms with Gasteiger partial charge in [-0.25, -0.2) is 8.78 Å². The standard InChI is InChI=1S/C16H19F2NO2/c17-10-4-5-12(13(18)8-10)16(6-7-16)9-19-15(21)11-2-1-3-14(11)20/h4-5,8,11,14,20H,1-3,6-7,9H2,(H,19,21). The maximum Gasteiger partial charge on any atom is 0.225 e. The lowest BCUT2D eigenvalue weighted by atomic mass is 9.94. The van der Waals surface area contributed by atoms with Crippen molar-refractivity contribution < 1.29 is 18.7 Å². The Labute approximate surface area is 122 Å². The van der Waals surface area contributed by atoms with E-state index in [1.807, 2.05) is 0 Å². The van der Waals surface area contributed by atoms with Crippen LogP contribution in [0.5, 0.6) is 0 Å². The average Bonchev–Trinajstić information content (AvgIpc) is 3.10. The average molecular weight is 295 g/mol. The molecule has 21 heavy (non-hydrogen) atoms. The van der Waals surface area contributed by atoms with Crippen molar-refractivity contribution in [2.45, 2.75) is 43.6 Å². The molecule has 1 aromatic rings. The predicted molar refractivity (Wildman–Crippen MR) is 73.6 cm³/mol. The highest BCUT2D eigenvalue weighted by Gasteiger charge is 2.46. The van der Waals surface area contributed by atoms with Gasteiger partial charge < -0.3 is 10.4 Å². The molecule has 3 rings (SSSR count). The molecule has 0 aromatic heterocycles. The van der Waals surface area contributed by atoms with Gasteiger partial charge in [0, 0.05) is 18.0 Å². The predicted octanol–water partition coefficient (Wildman–Crippen LogP) is 2.27. The second-order valence-electron chi connectivity index (χ2n) is 6.23. The van der Waals surface area contributed by atoms with E-state index in [1.54, 1.807) is 0 Å². The molecule has 2 fully saturated rings. The second-order valence-corrected chi connectivity index (χ2v) is 6.23. The van der Waals surface area contributed by atoms with Crippen LogP contribution in [-0.2, 0) is 10.2 Å². The number of carbonyl (C=O) groups excluding carboxylic acids is 1. The van der Waals surface area contributed by atoms with Crippen LogP contribution in [0.3, 0.4) is 0 Å². The lowest BCUT2D eigenvalue weighted by Crippen LogP contribution is -2.39. The molecule has 2 saturated carbocycles. The number of hydrogen-bond donors (Lipinski definition) is 2. The van der Waals surface area contributed by atoms with Crippen LogP contribution in [0.4, 0.5) is 8.78 Å². The van der Waals surface area contributed by atoms with Gasteiger partial charge in [0.25, 0.3) is 0 Å². The molecule has 0 spiro atoms. The molecule has 0 saturated heterocycles. The zero-order chi connectivity index (χ0) is 15.0. The minimum atomic E-state index is -0.592. The summed E-state index contributed by atoms with van der Waals surface area (Å²) in [5, 5.41) is 12.6. The van der Waals surface area contributed by atoms with E-state index < -0.39 is 23.2 Å².